The molecule has 134 valence electrons. The number of rotatable bonds is 3. The van der Waals surface area contributed by atoms with Gasteiger partial charge in [-0.1, -0.05) is 48.3 Å². The highest BCUT2D eigenvalue weighted by Crippen LogP contribution is 2.38. The van der Waals surface area contributed by atoms with Crippen LogP contribution >= 0.6 is 23.2 Å². The second-order valence-corrected chi connectivity index (χ2v) is 7.42. The topological polar surface area (TPSA) is 29.9 Å². The average Bonchev–Trinajstić information content (AvgIpc) is 2.83. The van der Waals surface area contributed by atoms with Gasteiger partial charge >= 0.3 is 0 Å². The first-order valence-corrected chi connectivity index (χ1v) is 9.84. The van der Waals surface area contributed by atoms with Gasteiger partial charge in [0.2, 0.25) is 0 Å². The molecular formula is C21H21Cl2N3. The summed E-state index contributed by atoms with van der Waals surface area (Å²) in [5, 5.41) is 9.87. The van der Waals surface area contributed by atoms with E-state index in [0.29, 0.717) is 10.0 Å². The fourth-order valence-corrected chi connectivity index (χ4v) is 4.09. The molecule has 1 aliphatic rings. The molecule has 0 atom stereocenters. The highest BCUT2D eigenvalue weighted by Gasteiger charge is 2.23. The first-order chi connectivity index (χ1) is 12.7. The van der Waals surface area contributed by atoms with Crippen molar-refractivity contribution in [3.8, 4) is 16.9 Å². The number of halogens is 2. The van der Waals surface area contributed by atoms with E-state index in [9.17, 15) is 0 Å². The molecule has 0 radical (unpaired) electrons. The number of aryl methyl sites for hydroxylation is 1. The van der Waals surface area contributed by atoms with Crippen molar-refractivity contribution in [2.75, 3.05) is 11.9 Å². The number of benzene rings is 2. The van der Waals surface area contributed by atoms with E-state index >= 15 is 0 Å². The Morgan fingerprint density at radius 2 is 1.96 bits per heavy atom. The van der Waals surface area contributed by atoms with Crippen molar-refractivity contribution >= 4 is 29.0 Å². The smallest absolute Gasteiger partial charge is 0.133 e. The summed E-state index contributed by atoms with van der Waals surface area (Å²) in [4.78, 5) is 0. The van der Waals surface area contributed by atoms with Gasteiger partial charge < -0.3 is 5.32 Å². The fourth-order valence-electron chi connectivity index (χ4n) is 3.59. The molecule has 5 heteroatoms. The van der Waals surface area contributed by atoms with Crippen LogP contribution in [0.3, 0.4) is 0 Å². The summed E-state index contributed by atoms with van der Waals surface area (Å²) in [5.41, 5.74) is 5.51. The zero-order valence-electron chi connectivity index (χ0n) is 14.7. The predicted octanol–water partition coefficient (Wildman–Crippen LogP) is 6.16. The van der Waals surface area contributed by atoms with Crippen LogP contribution in [0, 0.1) is 0 Å². The van der Waals surface area contributed by atoms with Crippen molar-refractivity contribution in [1.29, 1.82) is 0 Å². The Balaban J connectivity index is 1.95. The molecule has 0 fully saturated rings. The lowest BCUT2D eigenvalue weighted by atomic mass is 10.0. The first kappa shape index (κ1) is 17.4. The van der Waals surface area contributed by atoms with Crippen LogP contribution < -0.4 is 5.32 Å². The molecule has 0 spiro atoms. The lowest BCUT2D eigenvalue weighted by Gasteiger charge is -2.12. The van der Waals surface area contributed by atoms with Crippen LogP contribution in [-0.2, 0) is 12.8 Å². The maximum Gasteiger partial charge on any atom is 0.133 e. The third kappa shape index (κ3) is 3.10. The van der Waals surface area contributed by atoms with E-state index < -0.39 is 0 Å². The number of hydrogen-bond donors (Lipinski definition) is 1. The summed E-state index contributed by atoms with van der Waals surface area (Å²) in [6, 6.07) is 14.1. The van der Waals surface area contributed by atoms with Crippen molar-refractivity contribution in [3.05, 3.63) is 63.6 Å². The van der Waals surface area contributed by atoms with Crippen LogP contribution in [0.5, 0.6) is 0 Å². The third-order valence-corrected chi connectivity index (χ3v) is 5.46. The maximum absolute atomic E-state index is 6.51. The van der Waals surface area contributed by atoms with Gasteiger partial charge in [0.25, 0.3) is 0 Å². The predicted molar refractivity (Wildman–Crippen MR) is 110 cm³/mol. The quantitative estimate of drug-likeness (QED) is 0.585. The largest absolute Gasteiger partial charge is 0.370 e. The highest BCUT2D eigenvalue weighted by molar-refractivity contribution is 6.36. The molecule has 2 heterocycles. The van der Waals surface area contributed by atoms with Crippen LogP contribution in [0.25, 0.3) is 16.9 Å². The zero-order chi connectivity index (χ0) is 18.1. The van der Waals surface area contributed by atoms with Crippen molar-refractivity contribution in [2.45, 2.75) is 32.6 Å². The molecule has 0 aliphatic carbocycles. The van der Waals surface area contributed by atoms with Crippen LogP contribution in [0.2, 0.25) is 10.0 Å². The molecule has 26 heavy (non-hydrogen) atoms. The number of para-hydroxylation sites is 1. The van der Waals surface area contributed by atoms with E-state index in [4.69, 9.17) is 28.3 Å². The Labute approximate surface area is 163 Å². The van der Waals surface area contributed by atoms with E-state index in [0.717, 1.165) is 55.0 Å². The first-order valence-electron chi connectivity index (χ1n) is 9.08. The van der Waals surface area contributed by atoms with Gasteiger partial charge in [0, 0.05) is 22.7 Å². The van der Waals surface area contributed by atoms with E-state index in [1.807, 2.05) is 12.1 Å². The SMILES string of the molecule is CCc1ccccc1-n1nc(-c2ccc(Cl)cc2Cl)c2c1NCCCC2. The minimum atomic E-state index is 0.637. The Hall–Kier alpha value is -1.97. The number of anilines is 1. The van der Waals surface area contributed by atoms with E-state index in [1.165, 1.54) is 11.1 Å². The minimum absolute atomic E-state index is 0.637. The van der Waals surface area contributed by atoms with Crippen molar-refractivity contribution < 1.29 is 0 Å². The number of fused-ring (bicyclic) bond motifs is 1. The minimum Gasteiger partial charge on any atom is -0.370 e. The standard InChI is InChI=1S/C21H21Cl2N3/c1-2-14-7-3-4-9-19(14)26-21-17(8-5-6-12-24-21)20(25-26)16-11-10-15(22)13-18(16)23/h3-4,7,9-11,13,24H,2,5-6,8,12H2,1H3. The molecule has 0 saturated heterocycles. The van der Waals surface area contributed by atoms with Gasteiger partial charge in [0.15, 0.2) is 0 Å². The molecule has 0 saturated carbocycles. The van der Waals surface area contributed by atoms with Crippen molar-refractivity contribution in [1.82, 2.24) is 9.78 Å². The second kappa shape index (κ2) is 7.34. The van der Waals surface area contributed by atoms with Crippen molar-refractivity contribution in [3.63, 3.8) is 0 Å². The number of aromatic nitrogens is 2. The highest BCUT2D eigenvalue weighted by atomic mass is 35.5. The van der Waals surface area contributed by atoms with Crippen molar-refractivity contribution in [2.24, 2.45) is 0 Å². The molecule has 1 N–H and O–H groups in total. The summed E-state index contributed by atoms with van der Waals surface area (Å²) in [6.07, 6.45) is 4.24. The Morgan fingerprint density at radius 3 is 2.77 bits per heavy atom. The van der Waals surface area contributed by atoms with E-state index in [2.05, 4.69) is 41.2 Å². The molecule has 3 aromatic rings. The molecule has 2 aromatic carbocycles. The molecule has 4 rings (SSSR count). The summed E-state index contributed by atoms with van der Waals surface area (Å²) in [7, 11) is 0. The number of hydrogen-bond acceptors (Lipinski definition) is 2. The van der Waals surface area contributed by atoms with E-state index in [-0.39, 0.29) is 0 Å². The molecule has 1 aromatic heterocycles. The van der Waals surface area contributed by atoms with E-state index in [1.54, 1.807) is 6.07 Å². The lowest BCUT2D eigenvalue weighted by molar-refractivity contribution is 0.779. The fraction of sp³-hybridized carbons (Fsp3) is 0.286. The zero-order valence-corrected chi connectivity index (χ0v) is 16.2. The van der Waals surface area contributed by atoms with Gasteiger partial charge in [0.1, 0.15) is 5.82 Å². The van der Waals surface area contributed by atoms with Crippen LogP contribution in [0.1, 0.15) is 30.9 Å². The van der Waals surface area contributed by atoms with Gasteiger partial charge in [-0.3, -0.25) is 0 Å². The second-order valence-electron chi connectivity index (χ2n) is 6.58. The average molecular weight is 386 g/mol. The molecule has 0 amide bonds. The van der Waals surface area contributed by atoms with Gasteiger partial charge in [0.05, 0.1) is 16.4 Å². The summed E-state index contributed by atoms with van der Waals surface area (Å²) >= 11 is 12.6. The lowest BCUT2D eigenvalue weighted by Crippen LogP contribution is -2.08. The summed E-state index contributed by atoms with van der Waals surface area (Å²) < 4.78 is 2.06. The maximum atomic E-state index is 6.51. The summed E-state index contributed by atoms with van der Waals surface area (Å²) in [5.74, 6) is 1.09. The van der Waals surface area contributed by atoms with Crippen LogP contribution in [0.4, 0.5) is 5.82 Å². The third-order valence-electron chi connectivity index (χ3n) is 4.92. The van der Waals surface area contributed by atoms with Gasteiger partial charge in [-0.25, -0.2) is 4.68 Å². The van der Waals surface area contributed by atoms with Crippen LogP contribution in [-0.4, -0.2) is 16.3 Å². The number of nitrogens with one attached hydrogen (secondary N) is 1. The molecule has 0 bridgehead atoms. The summed E-state index contributed by atoms with van der Waals surface area (Å²) in [6.45, 7) is 3.13. The number of nitrogens with zero attached hydrogens (tertiary/aromatic N) is 2. The Kier molecular flexibility index (Phi) is 4.92. The van der Waals surface area contributed by atoms with Crippen LogP contribution in [0.15, 0.2) is 42.5 Å². The van der Waals surface area contributed by atoms with Gasteiger partial charge in [-0.05, 0) is 55.5 Å². The Bertz CT molecular complexity index is 946. The van der Waals surface area contributed by atoms with Gasteiger partial charge in [-0.15, -0.1) is 0 Å². The molecule has 1 aliphatic heterocycles. The molecule has 0 unspecified atom stereocenters. The molecular weight excluding hydrogens is 365 g/mol. The molecule has 3 nitrogen and oxygen atoms in total. The monoisotopic (exact) mass is 385 g/mol. The van der Waals surface area contributed by atoms with Gasteiger partial charge in [-0.2, -0.15) is 5.10 Å². The Morgan fingerprint density at radius 1 is 1.12 bits per heavy atom. The normalized spacial score (nSPS) is 13.8.